The molecule has 1 aromatic rings. The van der Waals surface area contributed by atoms with Crippen molar-refractivity contribution in [3.05, 3.63) is 24.3 Å². The highest BCUT2D eigenvalue weighted by Crippen LogP contribution is 2.27. The maximum Gasteiger partial charge on any atom is 0.243 e. The molecule has 1 saturated heterocycles. The van der Waals surface area contributed by atoms with Crippen LogP contribution in [0.2, 0.25) is 0 Å². The number of sulfonamides is 1. The van der Waals surface area contributed by atoms with Crippen LogP contribution in [0.25, 0.3) is 0 Å². The van der Waals surface area contributed by atoms with E-state index in [-0.39, 0.29) is 35.5 Å². The second-order valence-corrected chi connectivity index (χ2v) is 8.32. The molecule has 0 bridgehead atoms. The predicted octanol–water partition coefficient (Wildman–Crippen LogP) is 0.827. The molecule has 0 aromatic heterocycles. The van der Waals surface area contributed by atoms with Gasteiger partial charge in [-0.25, -0.2) is 8.42 Å². The first-order valence-electron chi connectivity index (χ1n) is 9.18. The lowest BCUT2D eigenvalue weighted by Gasteiger charge is -2.20. The van der Waals surface area contributed by atoms with E-state index >= 15 is 0 Å². The van der Waals surface area contributed by atoms with Crippen LogP contribution in [0.1, 0.15) is 20.3 Å². The smallest absolute Gasteiger partial charge is 0.243 e. The standard InChI is InChI=1S/C18H28N4O4S.ClH/c1-4-21(5-2)27(25,26)16-8-6-15(7-9-16)22-13-14(12-17(22)23)18(24)20-11-10-19-3;/h6-9,14,19H,4-5,10-13H2,1-3H3,(H,20,24);1H. The number of hydrogen-bond donors (Lipinski definition) is 2. The summed E-state index contributed by atoms with van der Waals surface area (Å²) in [5.74, 6) is -0.668. The summed E-state index contributed by atoms with van der Waals surface area (Å²) in [4.78, 5) is 26.2. The molecule has 1 atom stereocenters. The van der Waals surface area contributed by atoms with Crippen LogP contribution in [0.3, 0.4) is 0 Å². The van der Waals surface area contributed by atoms with Crippen LogP contribution in [0.5, 0.6) is 0 Å². The molecule has 2 amide bonds. The molecule has 0 radical (unpaired) electrons. The highest BCUT2D eigenvalue weighted by Gasteiger charge is 2.35. The zero-order chi connectivity index (χ0) is 20.0. The summed E-state index contributed by atoms with van der Waals surface area (Å²) in [5, 5.41) is 5.75. The number of anilines is 1. The minimum Gasteiger partial charge on any atom is -0.355 e. The number of rotatable bonds is 9. The van der Waals surface area contributed by atoms with Crippen LogP contribution in [0.4, 0.5) is 5.69 Å². The molecule has 1 unspecified atom stereocenters. The van der Waals surface area contributed by atoms with Crippen LogP contribution < -0.4 is 15.5 Å². The van der Waals surface area contributed by atoms with E-state index < -0.39 is 15.9 Å². The number of nitrogens with zero attached hydrogens (tertiary/aromatic N) is 2. The first-order valence-corrected chi connectivity index (χ1v) is 10.6. The maximum absolute atomic E-state index is 12.5. The minimum absolute atomic E-state index is 0. The van der Waals surface area contributed by atoms with Gasteiger partial charge in [0.25, 0.3) is 0 Å². The van der Waals surface area contributed by atoms with Gasteiger partial charge in [0.15, 0.2) is 0 Å². The molecule has 158 valence electrons. The number of carbonyl (C=O) groups excluding carboxylic acids is 2. The summed E-state index contributed by atoms with van der Waals surface area (Å²) >= 11 is 0. The second kappa shape index (κ2) is 10.8. The van der Waals surface area contributed by atoms with Crippen LogP contribution in [0, 0.1) is 5.92 Å². The quantitative estimate of drug-likeness (QED) is 0.563. The monoisotopic (exact) mass is 432 g/mol. The molecule has 1 fully saturated rings. The van der Waals surface area contributed by atoms with E-state index in [1.807, 2.05) is 0 Å². The van der Waals surface area contributed by atoms with E-state index in [9.17, 15) is 18.0 Å². The van der Waals surface area contributed by atoms with Gasteiger partial charge in [-0.2, -0.15) is 4.31 Å². The van der Waals surface area contributed by atoms with Gasteiger partial charge in [-0.05, 0) is 31.3 Å². The van der Waals surface area contributed by atoms with Crippen molar-refractivity contribution in [3.63, 3.8) is 0 Å². The highest BCUT2D eigenvalue weighted by molar-refractivity contribution is 7.89. The van der Waals surface area contributed by atoms with Gasteiger partial charge in [0.05, 0.1) is 10.8 Å². The summed E-state index contributed by atoms with van der Waals surface area (Å²) in [6.45, 7) is 5.86. The molecule has 0 saturated carbocycles. The SMILES string of the molecule is CCN(CC)S(=O)(=O)c1ccc(N2CC(C(=O)NCCNC)CC2=O)cc1.Cl. The van der Waals surface area contributed by atoms with Crippen molar-refractivity contribution in [1.82, 2.24) is 14.9 Å². The maximum atomic E-state index is 12.5. The molecule has 1 aromatic carbocycles. The third-order valence-corrected chi connectivity index (χ3v) is 6.73. The van der Waals surface area contributed by atoms with Crippen LogP contribution >= 0.6 is 12.4 Å². The van der Waals surface area contributed by atoms with E-state index in [0.29, 0.717) is 38.4 Å². The van der Waals surface area contributed by atoms with E-state index in [4.69, 9.17) is 0 Å². The van der Waals surface area contributed by atoms with Crippen molar-refractivity contribution < 1.29 is 18.0 Å². The number of nitrogens with one attached hydrogen (secondary N) is 2. The topological polar surface area (TPSA) is 98.8 Å². The van der Waals surface area contributed by atoms with E-state index in [1.54, 1.807) is 33.0 Å². The molecule has 1 aliphatic rings. The normalized spacial score (nSPS) is 16.9. The highest BCUT2D eigenvalue weighted by atomic mass is 35.5. The molecule has 2 N–H and O–H groups in total. The molecule has 0 aliphatic carbocycles. The molecule has 1 heterocycles. The fraction of sp³-hybridized carbons (Fsp3) is 0.556. The van der Waals surface area contributed by atoms with Gasteiger partial charge >= 0.3 is 0 Å². The number of likely N-dealkylation sites (N-methyl/N-ethyl adjacent to an activating group) is 1. The Kier molecular flexibility index (Phi) is 9.35. The molecule has 8 nitrogen and oxygen atoms in total. The predicted molar refractivity (Wildman–Crippen MR) is 111 cm³/mol. The third-order valence-electron chi connectivity index (χ3n) is 4.66. The summed E-state index contributed by atoms with van der Waals surface area (Å²) < 4.78 is 26.5. The van der Waals surface area contributed by atoms with Gasteiger partial charge in [-0.15, -0.1) is 12.4 Å². The number of carbonyl (C=O) groups is 2. The average Bonchev–Trinajstić information content (AvgIpc) is 3.04. The molecule has 2 rings (SSSR count). The molecule has 28 heavy (non-hydrogen) atoms. The van der Waals surface area contributed by atoms with E-state index in [0.717, 1.165) is 0 Å². The Morgan fingerprint density at radius 1 is 1.18 bits per heavy atom. The number of hydrogen-bond acceptors (Lipinski definition) is 5. The molecular weight excluding hydrogens is 404 g/mol. The van der Waals surface area contributed by atoms with Gasteiger partial charge in [0.2, 0.25) is 21.8 Å². The van der Waals surface area contributed by atoms with E-state index in [2.05, 4.69) is 10.6 Å². The van der Waals surface area contributed by atoms with Crippen molar-refractivity contribution in [2.75, 3.05) is 44.7 Å². The lowest BCUT2D eigenvalue weighted by atomic mass is 10.1. The largest absolute Gasteiger partial charge is 0.355 e. The van der Waals surface area contributed by atoms with Crippen molar-refractivity contribution in [1.29, 1.82) is 0 Å². The van der Waals surface area contributed by atoms with Crippen molar-refractivity contribution in [3.8, 4) is 0 Å². The van der Waals surface area contributed by atoms with Gasteiger partial charge in [-0.3, -0.25) is 9.59 Å². The number of halogens is 1. The first kappa shape index (κ1) is 24.4. The van der Waals surface area contributed by atoms with Gasteiger partial charge in [0.1, 0.15) is 0 Å². The van der Waals surface area contributed by atoms with Crippen LogP contribution in [-0.2, 0) is 19.6 Å². The number of amides is 2. The zero-order valence-electron chi connectivity index (χ0n) is 16.5. The van der Waals surface area contributed by atoms with Gasteiger partial charge in [0, 0.05) is 44.8 Å². The number of benzene rings is 1. The van der Waals surface area contributed by atoms with Crippen molar-refractivity contribution in [2.45, 2.75) is 25.2 Å². The molecule has 10 heteroatoms. The summed E-state index contributed by atoms with van der Waals surface area (Å²) in [6, 6.07) is 6.26. The van der Waals surface area contributed by atoms with Crippen LogP contribution in [0.15, 0.2) is 29.2 Å². The minimum atomic E-state index is -3.53. The Hall–Kier alpha value is -1.68. The Bertz CT molecular complexity index is 766. The van der Waals surface area contributed by atoms with Crippen molar-refractivity contribution >= 4 is 39.9 Å². The van der Waals surface area contributed by atoms with Crippen LogP contribution in [-0.4, -0.2) is 64.3 Å². The Balaban J connectivity index is 0.00000392. The Labute approximate surface area is 173 Å². The first-order chi connectivity index (χ1) is 12.8. The summed E-state index contributed by atoms with van der Waals surface area (Å²) in [7, 11) is -1.73. The van der Waals surface area contributed by atoms with Gasteiger partial charge < -0.3 is 15.5 Å². The Morgan fingerprint density at radius 2 is 1.79 bits per heavy atom. The van der Waals surface area contributed by atoms with Gasteiger partial charge in [-0.1, -0.05) is 13.8 Å². The lowest BCUT2D eigenvalue weighted by Crippen LogP contribution is -2.36. The Morgan fingerprint density at radius 3 is 2.32 bits per heavy atom. The molecular formula is C18H29ClN4O4S. The van der Waals surface area contributed by atoms with Crippen molar-refractivity contribution in [2.24, 2.45) is 5.92 Å². The summed E-state index contributed by atoms with van der Waals surface area (Å²) in [5.41, 5.74) is 0.601. The fourth-order valence-corrected chi connectivity index (χ4v) is 4.56. The second-order valence-electron chi connectivity index (χ2n) is 6.38. The molecule has 1 aliphatic heterocycles. The fourth-order valence-electron chi connectivity index (χ4n) is 3.10. The zero-order valence-corrected chi connectivity index (χ0v) is 18.1. The molecule has 0 spiro atoms. The lowest BCUT2D eigenvalue weighted by molar-refractivity contribution is -0.126. The van der Waals surface area contributed by atoms with E-state index in [1.165, 1.54) is 21.3 Å². The summed E-state index contributed by atoms with van der Waals surface area (Å²) in [6.07, 6.45) is 0.158. The third kappa shape index (κ3) is 5.44. The average molecular weight is 433 g/mol.